The molecule has 0 saturated carbocycles. The second-order valence-electron chi connectivity index (χ2n) is 9.31. The van der Waals surface area contributed by atoms with E-state index in [0.717, 1.165) is 21.9 Å². The molecule has 0 saturated heterocycles. The van der Waals surface area contributed by atoms with Gasteiger partial charge in [-0.05, 0) is 63.1 Å². The minimum absolute atomic E-state index is 0.0422. The summed E-state index contributed by atoms with van der Waals surface area (Å²) in [7, 11) is -4.12. The molecule has 0 aromatic heterocycles. The Hall–Kier alpha value is -3.36. The number of carbonyl (C=O) groups is 2. The first-order valence-electron chi connectivity index (χ1n) is 12.5. The van der Waals surface area contributed by atoms with E-state index in [2.05, 4.69) is 5.32 Å². The smallest absolute Gasteiger partial charge is 0.264 e. The van der Waals surface area contributed by atoms with Crippen LogP contribution in [0.25, 0.3) is 0 Å². The number of anilines is 1. The average Bonchev–Trinajstić information content (AvgIpc) is 2.90. The zero-order valence-electron chi connectivity index (χ0n) is 22.1. The van der Waals surface area contributed by atoms with Crippen LogP contribution in [0.3, 0.4) is 0 Å². The van der Waals surface area contributed by atoms with Gasteiger partial charge in [-0.25, -0.2) is 8.42 Å². The van der Waals surface area contributed by atoms with E-state index >= 15 is 0 Å². The highest BCUT2D eigenvalue weighted by Gasteiger charge is 2.32. The molecule has 0 spiro atoms. The fourth-order valence-corrected chi connectivity index (χ4v) is 5.55. The van der Waals surface area contributed by atoms with Crippen molar-refractivity contribution in [2.24, 2.45) is 0 Å². The number of carbonyl (C=O) groups excluding carboxylic acids is 2. The number of nitrogens with one attached hydrogen (secondary N) is 1. The van der Waals surface area contributed by atoms with E-state index in [1.54, 1.807) is 43.3 Å². The van der Waals surface area contributed by atoms with Crippen molar-refractivity contribution >= 4 is 39.1 Å². The summed E-state index contributed by atoms with van der Waals surface area (Å²) >= 11 is 6.19. The lowest BCUT2D eigenvalue weighted by Gasteiger charge is -2.32. The molecule has 7 nitrogen and oxygen atoms in total. The van der Waals surface area contributed by atoms with E-state index in [4.69, 9.17) is 11.6 Å². The first-order valence-corrected chi connectivity index (χ1v) is 14.3. The predicted octanol–water partition coefficient (Wildman–Crippen LogP) is 5.18. The summed E-state index contributed by atoms with van der Waals surface area (Å²) in [5.74, 6) is -0.821. The third-order valence-corrected chi connectivity index (χ3v) is 8.33. The van der Waals surface area contributed by atoms with Crippen molar-refractivity contribution in [2.45, 2.75) is 57.6 Å². The lowest BCUT2D eigenvalue weighted by atomic mass is 10.1. The van der Waals surface area contributed by atoms with Crippen molar-refractivity contribution in [3.8, 4) is 0 Å². The van der Waals surface area contributed by atoms with Gasteiger partial charge in [-0.1, -0.05) is 72.6 Å². The van der Waals surface area contributed by atoms with E-state index in [1.165, 1.54) is 23.1 Å². The number of nitrogens with zero attached hydrogens (tertiary/aromatic N) is 2. The zero-order valence-corrected chi connectivity index (χ0v) is 23.7. The van der Waals surface area contributed by atoms with Crippen LogP contribution in [0.15, 0.2) is 83.8 Å². The van der Waals surface area contributed by atoms with Crippen LogP contribution in [0, 0.1) is 6.92 Å². The van der Waals surface area contributed by atoms with Gasteiger partial charge in [-0.2, -0.15) is 0 Å². The van der Waals surface area contributed by atoms with Crippen LogP contribution in [-0.2, 0) is 26.2 Å². The van der Waals surface area contributed by atoms with Gasteiger partial charge in [-0.3, -0.25) is 13.9 Å². The molecule has 202 valence electrons. The average molecular weight is 556 g/mol. The van der Waals surface area contributed by atoms with Gasteiger partial charge in [0.25, 0.3) is 10.0 Å². The number of sulfonamides is 1. The van der Waals surface area contributed by atoms with Gasteiger partial charge in [0, 0.05) is 17.6 Å². The van der Waals surface area contributed by atoms with Crippen molar-refractivity contribution in [3.63, 3.8) is 0 Å². The maximum atomic E-state index is 13.9. The lowest BCUT2D eigenvalue weighted by Crippen LogP contribution is -2.52. The van der Waals surface area contributed by atoms with Crippen LogP contribution in [0.1, 0.15) is 38.3 Å². The van der Waals surface area contributed by atoms with E-state index in [9.17, 15) is 18.0 Å². The SMILES string of the molecule is CCC(C)NC(=O)C(C)N(Cc1cccc(C)c1)C(=O)CN(c1cccc(Cl)c1)S(=O)(=O)c1ccccc1. The maximum absolute atomic E-state index is 13.9. The van der Waals surface area contributed by atoms with Crippen molar-refractivity contribution in [1.29, 1.82) is 0 Å². The Morgan fingerprint density at radius 3 is 2.26 bits per heavy atom. The molecule has 0 aliphatic carbocycles. The number of halogens is 1. The summed E-state index contributed by atoms with van der Waals surface area (Å²) in [5.41, 5.74) is 2.10. The highest BCUT2D eigenvalue weighted by Crippen LogP contribution is 2.26. The Bertz CT molecular complexity index is 1370. The van der Waals surface area contributed by atoms with Gasteiger partial charge in [0.1, 0.15) is 12.6 Å². The predicted molar refractivity (Wildman–Crippen MR) is 152 cm³/mol. The van der Waals surface area contributed by atoms with Gasteiger partial charge in [-0.15, -0.1) is 0 Å². The second kappa shape index (κ2) is 12.9. The largest absolute Gasteiger partial charge is 0.352 e. The molecule has 2 atom stereocenters. The van der Waals surface area contributed by atoms with E-state index in [0.29, 0.717) is 5.02 Å². The molecule has 0 fully saturated rings. The van der Waals surface area contributed by atoms with Crippen molar-refractivity contribution in [1.82, 2.24) is 10.2 Å². The second-order valence-corrected chi connectivity index (χ2v) is 11.6. The standard InChI is InChI=1S/C29H34ClN3O4S/c1-5-22(3)31-29(35)23(4)32(19-24-12-9-11-21(2)17-24)28(34)20-33(26-14-10-13-25(30)18-26)38(36,37)27-15-7-6-8-16-27/h6-18,22-23H,5,19-20H2,1-4H3,(H,31,35). The maximum Gasteiger partial charge on any atom is 0.264 e. The van der Waals surface area contributed by atoms with Gasteiger partial charge in [0.2, 0.25) is 11.8 Å². The number of aryl methyl sites for hydroxylation is 1. The molecular formula is C29H34ClN3O4S. The van der Waals surface area contributed by atoms with Crippen LogP contribution in [0.4, 0.5) is 5.69 Å². The van der Waals surface area contributed by atoms with Crippen molar-refractivity contribution in [2.75, 3.05) is 10.8 Å². The highest BCUT2D eigenvalue weighted by atomic mass is 35.5. The zero-order chi connectivity index (χ0) is 27.9. The molecule has 3 rings (SSSR count). The van der Waals surface area contributed by atoms with Gasteiger partial charge in [0.15, 0.2) is 0 Å². The molecule has 0 bridgehead atoms. The Kier molecular flexibility index (Phi) is 9.94. The van der Waals surface area contributed by atoms with E-state index in [-0.39, 0.29) is 29.1 Å². The Morgan fingerprint density at radius 2 is 1.63 bits per heavy atom. The number of hydrogen-bond acceptors (Lipinski definition) is 4. The lowest BCUT2D eigenvalue weighted by molar-refractivity contribution is -0.139. The number of benzene rings is 3. The third kappa shape index (κ3) is 7.36. The first kappa shape index (κ1) is 29.2. The summed E-state index contributed by atoms with van der Waals surface area (Å²) in [6, 6.07) is 21.0. The molecule has 0 heterocycles. The molecule has 3 aromatic rings. The van der Waals surface area contributed by atoms with Crippen LogP contribution in [0.5, 0.6) is 0 Å². The summed E-state index contributed by atoms with van der Waals surface area (Å²) in [6.07, 6.45) is 0.738. The molecule has 1 N–H and O–H groups in total. The topological polar surface area (TPSA) is 86.8 Å². The minimum Gasteiger partial charge on any atom is -0.352 e. The minimum atomic E-state index is -4.12. The van der Waals surface area contributed by atoms with Gasteiger partial charge < -0.3 is 10.2 Å². The van der Waals surface area contributed by atoms with Crippen LogP contribution >= 0.6 is 11.6 Å². The monoisotopic (exact) mass is 555 g/mol. The summed E-state index contributed by atoms with van der Waals surface area (Å²) < 4.78 is 28.5. The number of amides is 2. The number of rotatable bonds is 11. The molecule has 9 heteroatoms. The van der Waals surface area contributed by atoms with Crippen LogP contribution in [0.2, 0.25) is 5.02 Å². The molecule has 0 aliphatic rings. The van der Waals surface area contributed by atoms with Crippen molar-refractivity contribution < 1.29 is 18.0 Å². The third-order valence-electron chi connectivity index (χ3n) is 6.31. The van der Waals surface area contributed by atoms with E-state index in [1.807, 2.05) is 45.0 Å². The van der Waals surface area contributed by atoms with Crippen LogP contribution < -0.4 is 9.62 Å². The van der Waals surface area contributed by atoms with Crippen molar-refractivity contribution in [3.05, 3.63) is 95.0 Å². The fourth-order valence-electron chi connectivity index (χ4n) is 3.94. The number of hydrogen-bond donors (Lipinski definition) is 1. The molecule has 0 aliphatic heterocycles. The summed E-state index contributed by atoms with van der Waals surface area (Å²) in [4.78, 5) is 28.4. The molecule has 0 radical (unpaired) electrons. The first-order chi connectivity index (χ1) is 18.0. The Labute approximate surface area is 230 Å². The molecule has 2 unspecified atom stereocenters. The summed E-state index contributed by atoms with van der Waals surface area (Å²) in [6.45, 7) is 7.09. The molecule has 2 amide bonds. The normalized spacial score (nSPS) is 12.9. The molecule has 3 aromatic carbocycles. The van der Waals surface area contributed by atoms with Crippen LogP contribution in [-0.4, -0.2) is 43.8 Å². The van der Waals surface area contributed by atoms with E-state index < -0.39 is 28.5 Å². The van der Waals surface area contributed by atoms with Gasteiger partial charge >= 0.3 is 0 Å². The highest BCUT2D eigenvalue weighted by molar-refractivity contribution is 7.92. The molecular weight excluding hydrogens is 522 g/mol. The van der Waals surface area contributed by atoms with Gasteiger partial charge in [0.05, 0.1) is 10.6 Å². The Balaban J connectivity index is 2.02. The summed E-state index contributed by atoms with van der Waals surface area (Å²) in [5, 5.41) is 3.26. The fraction of sp³-hybridized carbons (Fsp3) is 0.310. The quantitative estimate of drug-likeness (QED) is 0.353. The Morgan fingerprint density at radius 1 is 0.947 bits per heavy atom. The molecule has 38 heavy (non-hydrogen) atoms.